The Kier molecular flexibility index (Phi) is 35.9. The summed E-state index contributed by atoms with van der Waals surface area (Å²) in [6, 6.07) is 66.5. The van der Waals surface area contributed by atoms with Crippen LogP contribution in [0.25, 0.3) is 0 Å². The number of hydrogen-bond acceptors (Lipinski definition) is 20. The average molecular weight is 1830 g/mol. The second-order valence-corrected chi connectivity index (χ2v) is 44.7. The number of nitrogens with zero attached hydrogens (tertiary/aromatic N) is 8. The van der Waals surface area contributed by atoms with Crippen LogP contribution in [-0.2, 0) is 59.0 Å². The molecule has 28 heteroatoms. The SMILES string of the molecule is C[C@@H]1C(COC2CCC(c3ccccc3)CC2)[C@@H](NS(C)(=O)=O)CCN1c1ccccn1.C[C@@H]1CN(c2ccccn2)CC(COC2CCC(c3ccccc3)CC2)[C@H]1NS(C)(=O)=O.C[C@H]1CN(c2ccccn2)CC(COC2CCC(c3ccccc3)CC2)[C@H]1NS(C)(=O)=O.C[C@H]1C[C@H](NS(C)(=O)=O)C(COC2CCC(c3ccccc3)CC2)CN1c1ccccn1. The molecule has 4 N–H and O–H groups in total. The summed E-state index contributed by atoms with van der Waals surface area (Å²) < 4.78 is 133. The molecule has 4 aliphatic heterocycles. The van der Waals surface area contributed by atoms with E-state index in [4.69, 9.17) is 18.9 Å². The van der Waals surface area contributed by atoms with Gasteiger partial charge >= 0.3 is 0 Å². The van der Waals surface area contributed by atoms with Crippen LogP contribution in [0.2, 0.25) is 0 Å². The van der Waals surface area contributed by atoms with Crippen LogP contribution in [0.1, 0.15) is 189 Å². The third kappa shape index (κ3) is 29.8. The maximum atomic E-state index is 12.0. The minimum absolute atomic E-state index is 0.0623. The Morgan fingerprint density at radius 2 is 0.609 bits per heavy atom. The number of piperidine rings is 4. The number of pyridine rings is 4. The van der Waals surface area contributed by atoms with Gasteiger partial charge in [-0.15, -0.1) is 0 Å². The Hall–Kier alpha value is -7.84. The Balaban J connectivity index is 0.000000146. The van der Waals surface area contributed by atoms with Crippen molar-refractivity contribution in [1.82, 2.24) is 38.8 Å². The highest BCUT2D eigenvalue weighted by Gasteiger charge is 2.43. The third-order valence-corrected chi connectivity index (χ3v) is 30.7. The zero-order chi connectivity index (χ0) is 90.2. The second-order valence-electron chi connectivity index (χ2n) is 37.6. The van der Waals surface area contributed by atoms with Crippen molar-refractivity contribution < 1.29 is 52.6 Å². The lowest BCUT2D eigenvalue weighted by molar-refractivity contribution is -0.00893. The molecule has 0 spiro atoms. The standard InChI is InChI=1S/4C25H35N3O3S/c1-19-23(18-31-22-13-11-21(12-14-22)20-8-4-3-5-9-20)24(27-32(2,29)30)15-17-28(19)25-10-6-7-16-26-25;1-19-16-24(27-32(2,29)30)22(17-28(19)25-10-6-7-15-26-25)18-31-23-13-11-21(12-14-23)20-8-4-3-5-9-20;2*1-19-16-28(24-10-6-7-15-26-24)17-22(25(19)27-32(2,29)30)18-31-23-13-11-21(12-14-23)20-8-4-3-5-9-20/h3-10,16,19,21-24,27H,11-15,17-18H2,1-2H3;3-10,15,19,21-24,27H,11-14,16-18H2,1-2H3;2*3-10,15,19,21-23,25,27H,11-14,16-18H2,1-2H3/t19-,21?,22?,23?,24+;19-,21?,22?,23?,24-;19-,21?,22?,23?,25+;19-,21?,22?,23?,25-/m1010/s1. The molecule has 8 aromatic rings. The van der Waals surface area contributed by atoms with E-state index in [0.29, 0.717) is 50.1 Å². The molecular weight excluding hydrogens is 1690 g/mol. The van der Waals surface area contributed by atoms with Crippen molar-refractivity contribution >= 4 is 63.4 Å². The number of sulfonamides is 4. The van der Waals surface area contributed by atoms with E-state index in [1.54, 1.807) is 24.8 Å². The predicted molar refractivity (Wildman–Crippen MR) is 513 cm³/mol. The van der Waals surface area contributed by atoms with Crippen LogP contribution in [0.5, 0.6) is 0 Å². The molecule has 8 aliphatic rings. The fraction of sp³-hybridized carbons (Fsp3) is 0.560. The van der Waals surface area contributed by atoms with E-state index in [9.17, 15) is 33.7 Å². The molecule has 0 bridgehead atoms. The van der Waals surface area contributed by atoms with Crippen molar-refractivity contribution in [2.45, 2.75) is 228 Å². The number of rotatable bonds is 28. The molecular formula is C100H140N12O12S4. The molecule has 8 fully saturated rings. The van der Waals surface area contributed by atoms with E-state index in [1.807, 2.05) is 72.8 Å². The van der Waals surface area contributed by atoms with Gasteiger partial charge < -0.3 is 38.5 Å². The molecule has 16 rings (SSSR count). The highest BCUT2D eigenvalue weighted by Crippen LogP contribution is 2.41. The summed E-state index contributed by atoms with van der Waals surface area (Å²) in [5, 5.41) is 0. The van der Waals surface area contributed by atoms with Crippen molar-refractivity contribution in [2.24, 2.45) is 35.5 Å². The van der Waals surface area contributed by atoms with Crippen molar-refractivity contribution in [3.63, 3.8) is 0 Å². The maximum absolute atomic E-state index is 12.0. The number of hydrogen-bond donors (Lipinski definition) is 4. The Morgan fingerprint density at radius 1 is 0.312 bits per heavy atom. The van der Waals surface area contributed by atoms with Crippen molar-refractivity contribution in [3.8, 4) is 0 Å². The molecule has 4 saturated carbocycles. The number of aromatic nitrogens is 4. The fourth-order valence-corrected chi connectivity index (χ4v) is 24.6. The molecule has 4 unspecified atom stereocenters. The first kappa shape index (κ1) is 97.7. The summed E-state index contributed by atoms with van der Waals surface area (Å²) in [5.74, 6) is 6.80. The van der Waals surface area contributed by atoms with E-state index in [2.05, 4.69) is 207 Å². The highest BCUT2D eigenvalue weighted by molar-refractivity contribution is 7.89. The zero-order valence-corrected chi connectivity index (χ0v) is 79.5. The summed E-state index contributed by atoms with van der Waals surface area (Å²) in [7, 11) is -13.2. The van der Waals surface area contributed by atoms with Gasteiger partial charge in [-0.3, -0.25) is 0 Å². The smallest absolute Gasteiger partial charge is 0.208 e. The summed E-state index contributed by atoms with van der Waals surface area (Å²) in [4.78, 5) is 27.1. The van der Waals surface area contributed by atoms with Gasteiger partial charge in [-0.05, 0) is 236 Å². The molecule has 4 aromatic heterocycles. The van der Waals surface area contributed by atoms with Crippen molar-refractivity contribution in [2.75, 3.05) is 110 Å². The quantitative estimate of drug-likeness (QED) is 0.0354. The van der Waals surface area contributed by atoms with Crippen LogP contribution in [0.4, 0.5) is 23.3 Å². The fourth-order valence-electron chi connectivity index (χ4n) is 21.1. The van der Waals surface area contributed by atoms with E-state index >= 15 is 0 Å². The van der Waals surface area contributed by atoms with Gasteiger partial charge in [-0.1, -0.05) is 159 Å². The highest BCUT2D eigenvalue weighted by atomic mass is 32.2. The molecule has 696 valence electrons. The zero-order valence-electron chi connectivity index (χ0n) is 76.2. The van der Waals surface area contributed by atoms with Crippen LogP contribution in [0.3, 0.4) is 0 Å². The molecule has 4 aliphatic carbocycles. The molecule has 24 nitrogen and oxygen atoms in total. The number of nitrogens with one attached hydrogen (secondary N) is 4. The van der Waals surface area contributed by atoms with Crippen molar-refractivity contribution in [1.29, 1.82) is 0 Å². The lowest BCUT2D eigenvalue weighted by Gasteiger charge is -2.45. The Labute approximate surface area is 764 Å². The summed E-state index contributed by atoms with van der Waals surface area (Å²) >= 11 is 0. The monoisotopic (exact) mass is 1830 g/mol. The Morgan fingerprint density at radius 3 is 0.930 bits per heavy atom. The van der Waals surface area contributed by atoms with Gasteiger partial charge in [0.05, 0.1) is 75.9 Å². The van der Waals surface area contributed by atoms with E-state index in [1.165, 1.54) is 47.3 Å². The van der Waals surface area contributed by atoms with Gasteiger partial charge in [-0.2, -0.15) is 0 Å². The van der Waals surface area contributed by atoms with Gasteiger partial charge in [0.15, 0.2) is 0 Å². The van der Waals surface area contributed by atoms with Crippen LogP contribution in [-0.4, -0.2) is 205 Å². The first-order valence-corrected chi connectivity index (χ1v) is 54.4. The van der Waals surface area contributed by atoms with E-state index in [0.717, 1.165) is 178 Å². The van der Waals surface area contributed by atoms with Crippen LogP contribution in [0, 0.1) is 35.5 Å². The minimum Gasteiger partial charge on any atom is -0.378 e. The van der Waals surface area contributed by atoms with Crippen LogP contribution < -0.4 is 38.5 Å². The molecule has 128 heavy (non-hydrogen) atoms. The summed E-state index contributed by atoms with van der Waals surface area (Å²) in [6.45, 7) is 15.2. The molecule has 4 aromatic carbocycles. The topological polar surface area (TPSA) is 286 Å². The van der Waals surface area contributed by atoms with Crippen LogP contribution in [0.15, 0.2) is 219 Å². The number of anilines is 4. The van der Waals surface area contributed by atoms with Gasteiger partial charge in [0, 0.05) is 124 Å². The normalized spacial score (nSPS) is 29.1. The number of benzene rings is 4. The lowest BCUT2D eigenvalue weighted by Crippen LogP contribution is -2.57. The second kappa shape index (κ2) is 47.0. The first-order chi connectivity index (χ1) is 61.6. The number of ether oxygens (including phenoxy) is 4. The predicted octanol–water partition coefficient (Wildman–Crippen LogP) is 15.5. The first-order valence-electron chi connectivity index (χ1n) is 46.8. The molecule has 12 atom stereocenters. The van der Waals surface area contributed by atoms with Gasteiger partial charge in [0.1, 0.15) is 23.3 Å². The molecule has 4 saturated heterocycles. The summed E-state index contributed by atoms with van der Waals surface area (Å²) in [5.41, 5.74) is 5.71. The van der Waals surface area contributed by atoms with Crippen LogP contribution >= 0.6 is 0 Å². The van der Waals surface area contributed by atoms with E-state index < -0.39 is 40.1 Å². The maximum Gasteiger partial charge on any atom is 0.208 e. The van der Waals surface area contributed by atoms with E-state index in [-0.39, 0.29) is 96.2 Å². The van der Waals surface area contributed by atoms with Gasteiger partial charge in [-0.25, -0.2) is 72.5 Å². The summed E-state index contributed by atoms with van der Waals surface area (Å²) in [6.07, 6.45) is 32.2. The Bertz CT molecular complexity index is 4830. The average Bonchev–Trinajstić information content (AvgIpc) is 0.799. The van der Waals surface area contributed by atoms with Crippen molar-refractivity contribution in [3.05, 3.63) is 241 Å². The minimum atomic E-state index is -3.29. The largest absolute Gasteiger partial charge is 0.378 e. The van der Waals surface area contributed by atoms with Gasteiger partial charge in [0.25, 0.3) is 0 Å². The third-order valence-electron chi connectivity index (χ3n) is 27.8. The lowest BCUT2D eigenvalue weighted by atomic mass is 9.82. The molecule has 8 heterocycles. The molecule has 0 amide bonds. The molecule has 0 radical (unpaired) electrons. The van der Waals surface area contributed by atoms with Gasteiger partial charge in [0.2, 0.25) is 40.1 Å².